The van der Waals surface area contributed by atoms with Crippen molar-refractivity contribution in [1.29, 1.82) is 0 Å². The zero-order valence-electron chi connectivity index (χ0n) is 14.4. The van der Waals surface area contributed by atoms with Crippen LogP contribution in [0.1, 0.15) is 48.5 Å². The Balaban J connectivity index is 1.81. The van der Waals surface area contributed by atoms with Gasteiger partial charge in [0.05, 0.1) is 31.5 Å². The molecule has 2 aromatic rings. The molecule has 1 saturated carbocycles. The maximum absolute atomic E-state index is 12.7. The number of rotatable bonds is 5. The number of halogens is 1. The molecule has 7 heteroatoms. The third-order valence-electron chi connectivity index (χ3n) is 4.53. The molecule has 1 aromatic heterocycles. The molecule has 25 heavy (non-hydrogen) atoms. The van der Waals surface area contributed by atoms with Gasteiger partial charge in [-0.05, 0) is 25.0 Å². The average molecular weight is 364 g/mol. The van der Waals surface area contributed by atoms with Gasteiger partial charge in [-0.3, -0.25) is 4.79 Å². The summed E-state index contributed by atoms with van der Waals surface area (Å²) in [6.07, 6.45) is 7.56. The number of ether oxygens (including phenoxy) is 2. The Kier molecular flexibility index (Phi) is 5.48. The van der Waals surface area contributed by atoms with Crippen LogP contribution in [0.15, 0.2) is 24.4 Å². The minimum Gasteiger partial charge on any atom is -0.493 e. The molecule has 0 saturated heterocycles. The molecule has 1 amide bonds. The number of aromatic nitrogens is 2. The second-order valence-electron chi connectivity index (χ2n) is 6.10. The lowest BCUT2D eigenvalue weighted by Crippen LogP contribution is -2.20. The van der Waals surface area contributed by atoms with E-state index in [0.717, 1.165) is 12.8 Å². The number of hydrogen-bond acceptors (Lipinski definition) is 4. The van der Waals surface area contributed by atoms with E-state index in [4.69, 9.17) is 21.1 Å². The Morgan fingerprint density at radius 1 is 1.24 bits per heavy atom. The van der Waals surface area contributed by atoms with E-state index in [1.54, 1.807) is 18.3 Å². The second-order valence-corrected chi connectivity index (χ2v) is 6.51. The van der Waals surface area contributed by atoms with Gasteiger partial charge in [-0.2, -0.15) is 5.10 Å². The predicted octanol–water partition coefficient (Wildman–Crippen LogP) is 4.31. The highest BCUT2D eigenvalue weighted by atomic mass is 35.5. The normalized spacial score (nSPS) is 15.0. The van der Waals surface area contributed by atoms with Crippen LogP contribution in [0.2, 0.25) is 5.02 Å². The molecule has 0 unspecified atom stereocenters. The summed E-state index contributed by atoms with van der Waals surface area (Å²) in [4.78, 5) is 12.7. The molecule has 0 atom stereocenters. The smallest absolute Gasteiger partial charge is 0.257 e. The third-order valence-corrected chi connectivity index (χ3v) is 4.81. The Morgan fingerprint density at radius 2 is 2.00 bits per heavy atom. The van der Waals surface area contributed by atoms with Gasteiger partial charge in [0.1, 0.15) is 5.82 Å². The van der Waals surface area contributed by atoms with Gasteiger partial charge in [-0.1, -0.05) is 30.9 Å². The largest absolute Gasteiger partial charge is 0.493 e. The van der Waals surface area contributed by atoms with Crippen LogP contribution in [0.5, 0.6) is 11.5 Å². The summed E-state index contributed by atoms with van der Waals surface area (Å²) < 4.78 is 12.4. The van der Waals surface area contributed by atoms with Crippen molar-refractivity contribution in [3.05, 3.63) is 35.0 Å². The molecule has 0 radical (unpaired) electrons. The molecule has 1 aliphatic carbocycles. The molecular formula is C18H22ClN3O3. The SMILES string of the molecule is COc1cc(C(=O)Nc2ccnn2C2CCCCC2)cc(Cl)c1OC. The average Bonchev–Trinajstić information content (AvgIpc) is 3.09. The van der Waals surface area contributed by atoms with Gasteiger partial charge in [0.25, 0.3) is 5.91 Å². The number of amides is 1. The monoisotopic (exact) mass is 363 g/mol. The highest BCUT2D eigenvalue weighted by molar-refractivity contribution is 6.32. The second kappa shape index (κ2) is 7.78. The molecule has 0 bridgehead atoms. The Labute approximate surface area is 152 Å². The van der Waals surface area contributed by atoms with Crippen molar-refractivity contribution < 1.29 is 14.3 Å². The van der Waals surface area contributed by atoms with E-state index in [1.165, 1.54) is 33.5 Å². The maximum Gasteiger partial charge on any atom is 0.257 e. The zero-order chi connectivity index (χ0) is 17.8. The number of hydrogen-bond donors (Lipinski definition) is 1. The van der Waals surface area contributed by atoms with Crippen molar-refractivity contribution in [2.75, 3.05) is 19.5 Å². The zero-order valence-corrected chi connectivity index (χ0v) is 15.2. The topological polar surface area (TPSA) is 65.4 Å². The van der Waals surface area contributed by atoms with Crippen LogP contribution in [0.25, 0.3) is 0 Å². The van der Waals surface area contributed by atoms with Crippen LogP contribution in [-0.4, -0.2) is 29.9 Å². The van der Waals surface area contributed by atoms with E-state index >= 15 is 0 Å². The molecule has 1 aromatic carbocycles. The van der Waals surface area contributed by atoms with E-state index < -0.39 is 0 Å². The predicted molar refractivity (Wildman–Crippen MR) is 96.9 cm³/mol. The van der Waals surface area contributed by atoms with E-state index in [9.17, 15) is 4.79 Å². The Bertz CT molecular complexity index is 754. The van der Waals surface area contributed by atoms with Gasteiger partial charge in [-0.25, -0.2) is 4.68 Å². The van der Waals surface area contributed by atoms with Crippen LogP contribution < -0.4 is 14.8 Å². The fourth-order valence-corrected chi connectivity index (χ4v) is 3.56. The minimum atomic E-state index is -0.264. The van der Waals surface area contributed by atoms with Crippen LogP contribution in [0, 0.1) is 0 Å². The van der Waals surface area contributed by atoms with Gasteiger partial charge >= 0.3 is 0 Å². The summed E-state index contributed by atoms with van der Waals surface area (Å²) in [5.41, 5.74) is 0.402. The summed E-state index contributed by atoms with van der Waals surface area (Å²) in [5.74, 6) is 1.26. The lowest BCUT2D eigenvalue weighted by Gasteiger charge is -2.24. The lowest BCUT2D eigenvalue weighted by molar-refractivity contribution is 0.102. The first-order valence-electron chi connectivity index (χ1n) is 8.40. The first-order chi connectivity index (χ1) is 12.1. The summed E-state index contributed by atoms with van der Waals surface area (Å²) >= 11 is 6.19. The van der Waals surface area contributed by atoms with Gasteiger partial charge in [0.15, 0.2) is 11.5 Å². The molecule has 6 nitrogen and oxygen atoms in total. The van der Waals surface area contributed by atoms with E-state index in [-0.39, 0.29) is 5.91 Å². The number of benzene rings is 1. The van der Waals surface area contributed by atoms with Gasteiger partial charge in [0, 0.05) is 11.6 Å². The fraction of sp³-hybridized carbons (Fsp3) is 0.444. The number of anilines is 1. The summed E-state index contributed by atoms with van der Waals surface area (Å²) in [7, 11) is 3.01. The number of methoxy groups -OCH3 is 2. The van der Waals surface area contributed by atoms with E-state index in [1.807, 2.05) is 10.7 Å². The molecule has 134 valence electrons. The molecule has 0 aliphatic heterocycles. The fourth-order valence-electron chi connectivity index (χ4n) is 3.27. The van der Waals surface area contributed by atoms with Gasteiger partial charge < -0.3 is 14.8 Å². The van der Waals surface area contributed by atoms with Crippen molar-refractivity contribution in [2.24, 2.45) is 0 Å². The van der Waals surface area contributed by atoms with Crippen molar-refractivity contribution in [1.82, 2.24) is 9.78 Å². The number of carbonyl (C=O) groups is 1. The minimum absolute atomic E-state index is 0.264. The van der Waals surface area contributed by atoms with Crippen molar-refractivity contribution in [2.45, 2.75) is 38.1 Å². The summed E-state index contributed by atoms with van der Waals surface area (Å²) in [5, 5.41) is 7.65. The van der Waals surface area contributed by atoms with E-state index in [0.29, 0.717) is 33.9 Å². The van der Waals surface area contributed by atoms with Crippen molar-refractivity contribution in [3.8, 4) is 11.5 Å². The highest BCUT2D eigenvalue weighted by Gasteiger charge is 2.20. The number of nitrogens with zero attached hydrogens (tertiary/aromatic N) is 2. The Hall–Kier alpha value is -2.21. The molecular weight excluding hydrogens is 342 g/mol. The first kappa shape index (κ1) is 17.6. The Morgan fingerprint density at radius 3 is 2.68 bits per heavy atom. The van der Waals surface area contributed by atoms with Crippen LogP contribution in [0.3, 0.4) is 0 Å². The molecule has 1 aliphatic rings. The number of nitrogens with one attached hydrogen (secondary N) is 1. The summed E-state index contributed by atoms with van der Waals surface area (Å²) in [6.45, 7) is 0. The van der Waals surface area contributed by atoms with Gasteiger partial charge in [0.2, 0.25) is 0 Å². The summed E-state index contributed by atoms with van der Waals surface area (Å²) in [6, 6.07) is 5.34. The molecule has 3 rings (SSSR count). The first-order valence-corrected chi connectivity index (χ1v) is 8.78. The highest BCUT2D eigenvalue weighted by Crippen LogP contribution is 2.36. The van der Waals surface area contributed by atoms with Crippen molar-refractivity contribution in [3.63, 3.8) is 0 Å². The van der Waals surface area contributed by atoms with Crippen LogP contribution in [0.4, 0.5) is 5.82 Å². The lowest BCUT2D eigenvalue weighted by atomic mass is 9.96. The standard InChI is InChI=1S/C18H22ClN3O3/c1-24-15-11-12(10-14(19)17(15)25-2)18(23)21-16-8-9-20-22(16)13-6-4-3-5-7-13/h8-11,13H,3-7H2,1-2H3,(H,21,23). The maximum atomic E-state index is 12.7. The molecule has 0 spiro atoms. The third kappa shape index (κ3) is 3.74. The molecule has 1 fully saturated rings. The van der Waals surface area contributed by atoms with Crippen LogP contribution >= 0.6 is 11.6 Å². The van der Waals surface area contributed by atoms with Crippen molar-refractivity contribution >= 4 is 23.3 Å². The number of carbonyl (C=O) groups excluding carboxylic acids is 1. The molecule has 1 heterocycles. The van der Waals surface area contributed by atoms with E-state index in [2.05, 4.69) is 10.4 Å². The van der Waals surface area contributed by atoms with Gasteiger partial charge in [-0.15, -0.1) is 0 Å². The quantitative estimate of drug-likeness (QED) is 0.859. The molecule has 1 N–H and O–H groups in total. The van der Waals surface area contributed by atoms with Crippen LogP contribution in [-0.2, 0) is 0 Å².